The third-order valence-electron chi connectivity index (χ3n) is 4.91. The first-order valence-corrected chi connectivity index (χ1v) is 10.7. The average molecular weight is 428 g/mol. The van der Waals surface area contributed by atoms with Crippen LogP contribution in [0.3, 0.4) is 0 Å². The van der Waals surface area contributed by atoms with Crippen molar-refractivity contribution in [2.24, 2.45) is 0 Å². The molecule has 0 atom stereocenters. The van der Waals surface area contributed by atoms with Crippen molar-refractivity contribution in [1.29, 1.82) is 0 Å². The molecule has 7 nitrogen and oxygen atoms in total. The van der Waals surface area contributed by atoms with Gasteiger partial charge in [-0.05, 0) is 37.0 Å². The van der Waals surface area contributed by atoms with E-state index in [2.05, 4.69) is 48.1 Å². The van der Waals surface area contributed by atoms with Gasteiger partial charge in [0.1, 0.15) is 18.1 Å². The van der Waals surface area contributed by atoms with Crippen LogP contribution in [0, 0.1) is 13.8 Å². The van der Waals surface area contributed by atoms with Crippen molar-refractivity contribution in [3.8, 4) is 11.5 Å². The summed E-state index contributed by atoms with van der Waals surface area (Å²) in [5.74, 6) is 8.99. The van der Waals surface area contributed by atoms with E-state index >= 15 is 0 Å². The summed E-state index contributed by atoms with van der Waals surface area (Å²) in [5, 5.41) is 8.97. The average Bonchev–Trinajstić information content (AvgIpc) is 3.05. The quantitative estimate of drug-likeness (QED) is 0.447. The highest BCUT2D eigenvalue weighted by atomic mass is 32.2. The van der Waals surface area contributed by atoms with Crippen LogP contribution in [0.25, 0.3) is 0 Å². The van der Waals surface area contributed by atoms with Gasteiger partial charge in [0.15, 0.2) is 5.82 Å². The molecule has 3 rings (SSSR count). The molecule has 0 amide bonds. The third kappa shape index (κ3) is 4.87. The lowest BCUT2D eigenvalue weighted by Gasteiger charge is -2.19. The Balaban J connectivity index is 1.62. The fourth-order valence-electron chi connectivity index (χ4n) is 3.05. The minimum absolute atomic E-state index is 0.108. The number of nitrogen functional groups attached to an aromatic ring is 1. The molecule has 0 bridgehead atoms. The minimum atomic E-state index is 0.108. The summed E-state index contributed by atoms with van der Waals surface area (Å²) in [6.07, 6.45) is 1.82. The predicted molar refractivity (Wildman–Crippen MR) is 119 cm³/mol. The van der Waals surface area contributed by atoms with Crippen LogP contribution in [0.1, 0.15) is 49.0 Å². The number of benzene rings is 1. The molecule has 0 saturated carbocycles. The van der Waals surface area contributed by atoms with Gasteiger partial charge in [-0.2, -0.15) is 0 Å². The van der Waals surface area contributed by atoms with Crippen LogP contribution < -0.4 is 15.3 Å². The molecule has 0 spiro atoms. The number of hydrogen-bond acceptors (Lipinski definition) is 7. The van der Waals surface area contributed by atoms with E-state index in [4.69, 9.17) is 15.3 Å². The second-order valence-corrected chi connectivity index (χ2v) is 9.11. The number of hydrogen-bond donors (Lipinski definition) is 1. The van der Waals surface area contributed by atoms with Crippen molar-refractivity contribution in [1.82, 2.24) is 19.9 Å². The maximum Gasteiger partial charge on any atom is 0.210 e. The Hall–Kier alpha value is -2.74. The lowest BCUT2D eigenvalue weighted by atomic mass is 9.87. The smallest absolute Gasteiger partial charge is 0.210 e. The second kappa shape index (κ2) is 8.95. The highest BCUT2D eigenvalue weighted by Crippen LogP contribution is 2.28. The second-order valence-electron chi connectivity index (χ2n) is 8.17. The number of rotatable bonds is 7. The van der Waals surface area contributed by atoms with E-state index in [9.17, 15) is 0 Å². The number of aromatic nitrogens is 4. The van der Waals surface area contributed by atoms with E-state index in [-0.39, 0.29) is 12.0 Å². The van der Waals surface area contributed by atoms with Gasteiger partial charge < -0.3 is 15.3 Å². The van der Waals surface area contributed by atoms with E-state index < -0.39 is 0 Å². The van der Waals surface area contributed by atoms with Gasteiger partial charge in [0, 0.05) is 23.1 Å². The zero-order valence-corrected chi connectivity index (χ0v) is 19.2. The summed E-state index contributed by atoms with van der Waals surface area (Å²) in [6.45, 7) is 10.8. The van der Waals surface area contributed by atoms with Crippen molar-refractivity contribution in [3.05, 3.63) is 58.7 Å². The first kappa shape index (κ1) is 22.0. The Morgan fingerprint density at radius 2 is 1.80 bits per heavy atom. The van der Waals surface area contributed by atoms with Crippen molar-refractivity contribution in [2.75, 3.05) is 13.0 Å². The largest absolute Gasteiger partial charge is 0.496 e. The van der Waals surface area contributed by atoms with Crippen LogP contribution in [0.15, 0.2) is 35.6 Å². The molecule has 0 unspecified atom stereocenters. The number of nitrogens with two attached hydrogens (primary N) is 1. The monoisotopic (exact) mass is 427 g/mol. The normalized spacial score (nSPS) is 11.5. The van der Waals surface area contributed by atoms with Gasteiger partial charge in [0.25, 0.3) is 0 Å². The van der Waals surface area contributed by atoms with E-state index in [0.717, 1.165) is 28.3 Å². The molecule has 0 aliphatic carbocycles. The lowest BCUT2D eigenvalue weighted by Crippen LogP contribution is -2.16. The zero-order chi connectivity index (χ0) is 21.9. The maximum absolute atomic E-state index is 6.18. The standard InChI is InChI=1S/C22H29N5O2S/c1-14-11-24-18(15(2)20(14)28-6)13-30-21-26-25-19(27(21)23)12-29-17-9-7-16(8-10-17)22(3,4)5/h7-11H,12-13,23H2,1-6H3. The summed E-state index contributed by atoms with van der Waals surface area (Å²) < 4.78 is 12.8. The van der Waals surface area contributed by atoms with Crippen LogP contribution >= 0.6 is 11.8 Å². The number of thioether (sulfide) groups is 1. The SMILES string of the molecule is COc1c(C)cnc(CSc2nnc(COc3ccc(C(C)(C)C)cc3)n2N)c1C. The predicted octanol–water partition coefficient (Wildman–Crippen LogP) is 4.18. The van der Waals surface area contributed by atoms with Gasteiger partial charge in [0.2, 0.25) is 5.16 Å². The Labute approximate surface area is 182 Å². The fraction of sp³-hybridized carbons (Fsp3) is 0.409. The molecule has 2 aromatic heterocycles. The summed E-state index contributed by atoms with van der Waals surface area (Å²) in [7, 11) is 1.67. The number of ether oxygens (including phenoxy) is 2. The molecule has 0 fully saturated rings. The van der Waals surface area contributed by atoms with Gasteiger partial charge in [-0.25, -0.2) is 4.68 Å². The van der Waals surface area contributed by atoms with E-state index in [1.165, 1.54) is 22.0 Å². The summed E-state index contributed by atoms with van der Waals surface area (Å²) in [5.41, 5.74) is 4.34. The number of methoxy groups -OCH3 is 1. The molecule has 1 aromatic carbocycles. The first-order valence-electron chi connectivity index (χ1n) is 9.75. The molecular weight excluding hydrogens is 398 g/mol. The van der Waals surface area contributed by atoms with Crippen LogP contribution in [-0.2, 0) is 17.8 Å². The summed E-state index contributed by atoms with van der Waals surface area (Å²) in [6, 6.07) is 8.09. The fourth-order valence-corrected chi connectivity index (χ4v) is 3.95. The minimum Gasteiger partial charge on any atom is -0.496 e. The number of pyridine rings is 1. The highest BCUT2D eigenvalue weighted by molar-refractivity contribution is 7.98. The Bertz CT molecular complexity index is 1010. The zero-order valence-electron chi connectivity index (χ0n) is 18.4. The molecule has 0 radical (unpaired) electrons. The van der Waals surface area contributed by atoms with Gasteiger partial charge >= 0.3 is 0 Å². The maximum atomic E-state index is 6.18. The van der Waals surface area contributed by atoms with Gasteiger partial charge in [-0.15, -0.1) is 10.2 Å². The molecule has 2 N–H and O–H groups in total. The Kier molecular flexibility index (Phi) is 6.55. The van der Waals surface area contributed by atoms with Crippen molar-refractivity contribution in [2.45, 2.75) is 57.5 Å². The summed E-state index contributed by atoms with van der Waals surface area (Å²) >= 11 is 1.48. The molecule has 160 valence electrons. The molecule has 0 aliphatic heterocycles. The number of aryl methyl sites for hydroxylation is 1. The van der Waals surface area contributed by atoms with Gasteiger partial charge in [-0.3, -0.25) is 4.98 Å². The molecule has 3 aromatic rings. The van der Waals surface area contributed by atoms with Crippen molar-refractivity contribution >= 4 is 11.8 Å². The molecular formula is C22H29N5O2S. The van der Waals surface area contributed by atoms with E-state index in [1.807, 2.05) is 32.2 Å². The third-order valence-corrected chi connectivity index (χ3v) is 5.87. The van der Waals surface area contributed by atoms with Crippen molar-refractivity contribution in [3.63, 3.8) is 0 Å². The van der Waals surface area contributed by atoms with Gasteiger partial charge in [0.05, 0.1) is 12.8 Å². The first-order chi connectivity index (χ1) is 14.2. The number of nitrogens with zero attached hydrogens (tertiary/aromatic N) is 4. The van der Waals surface area contributed by atoms with Crippen LogP contribution in [0.4, 0.5) is 0 Å². The Morgan fingerprint density at radius 1 is 1.10 bits per heavy atom. The molecule has 0 saturated heterocycles. The molecule has 0 aliphatic rings. The van der Waals surface area contributed by atoms with Crippen molar-refractivity contribution < 1.29 is 9.47 Å². The van der Waals surface area contributed by atoms with Crippen LogP contribution in [0.2, 0.25) is 0 Å². The van der Waals surface area contributed by atoms with Crippen LogP contribution in [0.5, 0.6) is 11.5 Å². The highest BCUT2D eigenvalue weighted by Gasteiger charge is 2.15. The van der Waals surface area contributed by atoms with E-state index in [1.54, 1.807) is 7.11 Å². The summed E-state index contributed by atoms with van der Waals surface area (Å²) in [4.78, 5) is 4.51. The molecule has 8 heteroatoms. The van der Waals surface area contributed by atoms with Crippen LogP contribution in [-0.4, -0.2) is 27.0 Å². The van der Waals surface area contributed by atoms with Gasteiger partial charge in [-0.1, -0.05) is 44.7 Å². The molecule has 2 heterocycles. The Morgan fingerprint density at radius 3 is 2.43 bits per heavy atom. The topological polar surface area (TPSA) is 88.1 Å². The van der Waals surface area contributed by atoms with E-state index in [0.29, 0.717) is 16.7 Å². The molecule has 30 heavy (non-hydrogen) atoms. The lowest BCUT2D eigenvalue weighted by molar-refractivity contribution is 0.291.